The quantitative estimate of drug-likeness (QED) is 0.812. The smallest absolute Gasteiger partial charge is 0.163 e. The first-order valence-corrected chi connectivity index (χ1v) is 5.53. The average molecular weight is 209 g/mol. The van der Waals surface area contributed by atoms with Crippen molar-refractivity contribution in [2.24, 2.45) is 0 Å². The summed E-state index contributed by atoms with van der Waals surface area (Å²) < 4.78 is 10.8. The second-order valence-corrected chi connectivity index (χ2v) is 2.89. The molecule has 0 radical (unpaired) electrons. The number of hydrogen-bond donors (Lipinski definition) is 1. The second-order valence-electron chi connectivity index (χ2n) is 2.89. The first-order valence-electron chi connectivity index (χ1n) is 5.53. The molecule has 0 saturated carbocycles. The lowest BCUT2D eigenvalue weighted by molar-refractivity contribution is 0.171. The van der Waals surface area contributed by atoms with Crippen LogP contribution in [0.1, 0.15) is 20.8 Å². The Balaban J connectivity index is 0.000000531. The minimum Gasteiger partial charge on any atom is -0.486 e. The molecule has 0 saturated heterocycles. The fraction of sp³-hybridized carbons (Fsp3) is 0.500. The van der Waals surface area contributed by atoms with Crippen molar-refractivity contribution in [1.29, 1.82) is 0 Å². The lowest BCUT2D eigenvalue weighted by Gasteiger charge is -2.18. The summed E-state index contributed by atoms with van der Waals surface area (Å²) in [5, 5.41) is 3.22. The summed E-state index contributed by atoms with van der Waals surface area (Å²) in [7, 11) is 0. The number of ether oxygens (including phenoxy) is 2. The van der Waals surface area contributed by atoms with Crippen LogP contribution >= 0.6 is 0 Å². The van der Waals surface area contributed by atoms with E-state index in [1.807, 2.05) is 32.0 Å². The maximum atomic E-state index is 5.45. The first kappa shape index (κ1) is 11.7. The molecule has 1 N–H and O–H groups in total. The molecule has 3 heteroatoms. The van der Waals surface area contributed by atoms with Crippen LogP contribution in [-0.4, -0.2) is 19.8 Å². The van der Waals surface area contributed by atoms with Crippen LogP contribution in [0.2, 0.25) is 0 Å². The van der Waals surface area contributed by atoms with Gasteiger partial charge in [0.15, 0.2) is 11.5 Å². The Bertz CT molecular complexity index is 300. The standard InChI is InChI=1S/C10H13NO2.C2H6/c1-2-11-8-3-4-9-10(7-8)13-6-5-12-9;1-2/h3-4,7,11H,2,5-6H2,1H3;1-2H3. The first-order chi connectivity index (χ1) is 7.40. The third-order valence-electron chi connectivity index (χ3n) is 1.92. The summed E-state index contributed by atoms with van der Waals surface area (Å²) in [6.45, 7) is 8.27. The molecule has 84 valence electrons. The van der Waals surface area contributed by atoms with Crippen molar-refractivity contribution < 1.29 is 9.47 Å². The molecule has 0 fully saturated rings. The highest BCUT2D eigenvalue weighted by atomic mass is 16.6. The third kappa shape index (κ3) is 3.05. The molecule has 1 aliphatic rings. The zero-order valence-electron chi connectivity index (χ0n) is 9.67. The predicted molar refractivity (Wildman–Crippen MR) is 62.9 cm³/mol. The van der Waals surface area contributed by atoms with Gasteiger partial charge in [0, 0.05) is 18.3 Å². The van der Waals surface area contributed by atoms with Gasteiger partial charge in [-0.25, -0.2) is 0 Å². The van der Waals surface area contributed by atoms with E-state index in [0.29, 0.717) is 13.2 Å². The summed E-state index contributed by atoms with van der Waals surface area (Å²) in [5.74, 6) is 1.68. The van der Waals surface area contributed by atoms with Gasteiger partial charge >= 0.3 is 0 Å². The Labute approximate surface area is 91.4 Å². The minimum atomic E-state index is 0.641. The molecule has 0 amide bonds. The fourth-order valence-electron chi connectivity index (χ4n) is 1.36. The second kappa shape index (κ2) is 6.17. The molecular weight excluding hydrogens is 190 g/mol. The van der Waals surface area contributed by atoms with Crippen molar-refractivity contribution in [3.63, 3.8) is 0 Å². The van der Waals surface area contributed by atoms with Gasteiger partial charge in [-0.2, -0.15) is 0 Å². The van der Waals surface area contributed by atoms with Crippen LogP contribution < -0.4 is 14.8 Å². The monoisotopic (exact) mass is 209 g/mol. The molecule has 0 aliphatic carbocycles. The van der Waals surface area contributed by atoms with Gasteiger partial charge in [0.25, 0.3) is 0 Å². The third-order valence-corrected chi connectivity index (χ3v) is 1.92. The van der Waals surface area contributed by atoms with Crippen molar-refractivity contribution in [3.05, 3.63) is 18.2 Å². The van der Waals surface area contributed by atoms with E-state index in [4.69, 9.17) is 9.47 Å². The molecule has 0 aromatic heterocycles. The molecular formula is C12H19NO2. The molecule has 0 spiro atoms. The normalized spacial score (nSPS) is 12.5. The number of nitrogens with one attached hydrogen (secondary N) is 1. The van der Waals surface area contributed by atoms with Gasteiger partial charge in [-0.15, -0.1) is 0 Å². The van der Waals surface area contributed by atoms with Crippen LogP contribution in [0.5, 0.6) is 11.5 Å². The Kier molecular flexibility index (Phi) is 4.81. The Morgan fingerprint density at radius 3 is 2.47 bits per heavy atom. The molecule has 15 heavy (non-hydrogen) atoms. The van der Waals surface area contributed by atoms with Crippen molar-refractivity contribution in [1.82, 2.24) is 0 Å². The summed E-state index contributed by atoms with van der Waals surface area (Å²) in [6.07, 6.45) is 0. The Hall–Kier alpha value is -1.38. The van der Waals surface area contributed by atoms with Crippen molar-refractivity contribution >= 4 is 5.69 Å². The van der Waals surface area contributed by atoms with Crippen LogP contribution in [0.4, 0.5) is 5.69 Å². The van der Waals surface area contributed by atoms with Crippen molar-refractivity contribution in [3.8, 4) is 11.5 Å². The Morgan fingerprint density at radius 1 is 1.13 bits per heavy atom. The summed E-state index contributed by atoms with van der Waals surface area (Å²) in [6, 6.07) is 5.90. The van der Waals surface area contributed by atoms with E-state index in [1.165, 1.54) is 0 Å². The molecule has 0 bridgehead atoms. The van der Waals surface area contributed by atoms with Gasteiger partial charge in [0.1, 0.15) is 13.2 Å². The summed E-state index contributed by atoms with van der Waals surface area (Å²) >= 11 is 0. The van der Waals surface area contributed by atoms with Crippen molar-refractivity contribution in [2.75, 3.05) is 25.1 Å². The van der Waals surface area contributed by atoms with Gasteiger partial charge in [0.2, 0.25) is 0 Å². The fourth-order valence-corrected chi connectivity index (χ4v) is 1.36. The summed E-state index contributed by atoms with van der Waals surface area (Å²) in [4.78, 5) is 0. The predicted octanol–water partition coefficient (Wildman–Crippen LogP) is 2.92. The molecule has 0 atom stereocenters. The lowest BCUT2D eigenvalue weighted by Crippen LogP contribution is -2.15. The maximum absolute atomic E-state index is 5.45. The van der Waals surface area contributed by atoms with Crippen LogP contribution in [0.15, 0.2) is 18.2 Å². The van der Waals surface area contributed by atoms with Gasteiger partial charge in [-0.05, 0) is 19.1 Å². The number of hydrogen-bond acceptors (Lipinski definition) is 3. The molecule has 1 aromatic rings. The van der Waals surface area contributed by atoms with Crippen LogP contribution in [-0.2, 0) is 0 Å². The van der Waals surface area contributed by atoms with Gasteiger partial charge in [-0.1, -0.05) is 13.8 Å². The van der Waals surface area contributed by atoms with Gasteiger partial charge < -0.3 is 14.8 Å². The minimum absolute atomic E-state index is 0.641. The Morgan fingerprint density at radius 2 is 1.80 bits per heavy atom. The molecule has 2 rings (SSSR count). The van der Waals surface area contributed by atoms with E-state index < -0.39 is 0 Å². The van der Waals surface area contributed by atoms with Crippen molar-refractivity contribution in [2.45, 2.75) is 20.8 Å². The largest absolute Gasteiger partial charge is 0.486 e. The number of rotatable bonds is 2. The van der Waals surface area contributed by atoms with E-state index >= 15 is 0 Å². The average Bonchev–Trinajstić information content (AvgIpc) is 2.32. The van der Waals surface area contributed by atoms with E-state index in [0.717, 1.165) is 23.7 Å². The molecule has 1 heterocycles. The highest BCUT2D eigenvalue weighted by molar-refractivity contribution is 5.55. The zero-order chi connectivity index (χ0) is 11.1. The highest BCUT2D eigenvalue weighted by Gasteiger charge is 2.10. The number of benzene rings is 1. The number of anilines is 1. The number of fused-ring (bicyclic) bond motifs is 1. The van der Waals surface area contributed by atoms with E-state index in [1.54, 1.807) is 0 Å². The highest BCUT2D eigenvalue weighted by Crippen LogP contribution is 2.32. The maximum Gasteiger partial charge on any atom is 0.163 e. The molecule has 1 aromatic carbocycles. The zero-order valence-corrected chi connectivity index (χ0v) is 9.67. The SMILES string of the molecule is CC.CCNc1ccc2c(c1)OCCO2. The van der Waals surface area contributed by atoms with Crippen LogP contribution in [0, 0.1) is 0 Å². The van der Waals surface area contributed by atoms with Gasteiger partial charge in [-0.3, -0.25) is 0 Å². The van der Waals surface area contributed by atoms with Gasteiger partial charge in [0.05, 0.1) is 0 Å². The topological polar surface area (TPSA) is 30.5 Å². The lowest BCUT2D eigenvalue weighted by atomic mass is 10.2. The molecule has 0 unspecified atom stereocenters. The molecule has 3 nitrogen and oxygen atoms in total. The van der Waals surface area contributed by atoms with Crippen LogP contribution in [0.25, 0.3) is 0 Å². The van der Waals surface area contributed by atoms with E-state index in [-0.39, 0.29) is 0 Å². The van der Waals surface area contributed by atoms with E-state index in [9.17, 15) is 0 Å². The van der Waals surface area contributed by atoms with E-state index in [2.05, 4.69) is 12.2 Å². The summed E-state index contributed by atoms with van der Waals surface area (Å²) in [5.41, 5.74) is 1.08. The van der Waals surface area contributed by atoms with Crippen LogP contribution in [0.3, 0.4) is 0 Å². The molecule has 1 aliphatic heterocycles.